The molecule has 0 fully saturated rings. The number of rotatable bonds is 3. The van der Waals surface area contributed by atoms with Crippen molar-refractivity contribution >= 4 is 5.78 Å². The van der Waals surface area contributed by atoms with Gasteiger partial charge in [-0.05, 0) is 33.8 Å². The minimum absolute atomic E-state index is 0.109. The molecule has 0 aromatic rings. The van der Waals surface area contributed by atoms with Crippen molar-refractivity contribution in [1.29, 1.82) is 0 Å². The Balaban J connectivity index is 4.00. The van der Waals surface area contributed by atoms with Gasteiger partial charge < -0.3 is 5.73 Å². The van der Waals surface area contributed by atoms with Crippen molar-refractivity contribution < 1.29 is 4.79 Å². The lowest BCUT2D eigenvalue weighted by molar-refractivity contribution is -0.115. The van der Waals surface area contributed by atoms with Gasteiger partial charge in [0.1, 0.15) is 0 Å². The predicted octanol–water partition coefficient (Wildman–Crippen LogP) is 1.65. The number of carbonyl (C=O) groups is 1. The van der Waals surface area contributed by atoms with Crippen LogP contribution in [0.4, 0.5) is 0 Å². The molecular weight excluding hydrogens is 138 g/mol. The molecule has 0 aromatic heterocycles. The lowest BCUT2D eigenvalue weighted by atomic mass is 9.98. The van der Waals surface area contributed by atoms with Crippen molar-refractivity contribution in [2.75, 3.05) is 0 Å². The highest BCUT2D eigenvalue weighted by molar-refractivity contribution is 5.90. The van der Waals surface area contributed by atoms with E-state index in [0.717, 1.165) is 5.57 Å². The summed E-state index contributed by atoms with van der Waals surface area (Å²) in [6, 6.07) is 0. The predicted molar refractivity (Wildman–Crippen MR) is 47.3 cm³/mol. The zero-order valence-electron chi connectivity index (χ0n) is 7.77. The van der Waals surface area contributed by atoms with Crippen LogP contribution in [0.1, 0.15) is 34.1 Å². The number of hydrogen-bond donors (Lipinski definition) is 1. The summed E-state index contributed by atoms with van der Waals surface area (Å²) in [6.07, 6.45) is 2.05. The molecule has 0 aromatic carbocycles. The fourth-order valence-electron chi connectivity index (χ4n) is 0.822. The van der Waals surface area contributed by atoms with Crippen LogP contribution in [0.5, 0.6) is 0 Å². The Kier molecular flexibility index (Phi) is 3.46. The van der Waals surface area contributed by atoms with E-state index in [1.54, 1.807) is 6.08 Å². The molecule has 0 bridgehead atoms. The first-order chi connectivity index (χ1) is 4.81. The summed E-state index contributed by atoms with van der Waals surface area (Å²) < 4.78 is 0. The SMILES string of the molecule is CC(C)=CC(=O)CC(C)(C)N. The van der Waals surface area contributed by atoms with Crippen LogP contribution in [0.15, 0.2) is 11.6 Å². The van der Waals surface area contributed by atoms with E-state index in [-0.39, 0.29) is 11.3 Å². The Bertz CT molecular complexity index is 170. The quantitative estimate of drug-likeness (QED) is 0.630. The Morgan fingerprint density at radius 2 is 1.91 bits per heavy atom. The highest BCUT2D eigenvalue weighted by atomic mass is 16.1. The fraction of sp³-hybridized carbons (Fsp3) is 0.667. The molecule has 0 aliphatic heterocycles. The van der Waals surface area contributed by atoms with Gasteiger partial charge >= 0.3 is 0 Å². The highest BCUT2D eigenvalue weighted by Crippen LogP contribution is 2.05. The van der Waals surface area contributed by atoms with Gasteiger partial charge in [-0.1, -0.05) is 5.57 Å². The molecule has 0 aliphatic rings. The molecule has 0 saturated carbocycles. The third kappa shape index (κ3) is 7.26. The van der Waals surface area contributed by atoms with Crippen molar-refractivity contribution in [2.45, 2.75) is 39.7 Å². The standard InChI is InChI=1S/C9H17NO/c1-7(2)5-8(11)6-9(3,4)10/h5H,6,10H2,1-4H3. The number of hydrogen-bond acceptors (Lipinski definition) is 2. The summed E-state index contributed by atoms with van der Waals surface area (Å²) >= 11 is 0. The second-order valence-corrected chi connectivity index (χ2v) is 3.85. The van der Waals surface area contributed by atoms with Crippen molar-refractivity contribution in [3.8, 4) is 0 Å². The zero-order chi connectivity index (χ0) is 9.07. The maximum atomic E-state index is 11.1. The van der Waals surface area contributed by atoms with Crippen LogP contribution < -0.4 is 5.73 Å². The maximum absolute atomic E-state index is 11.1. The first kappa shape index (κ1) is 10.4. The van der Waals surface area contributed by atoms with E-state index in [9.17, 15) is 4.79 Å². The van der Waals surface area contributed by atoms with Crippen molar-refractivity contribution in [3.63, 3.8) is 0 Å². The van der Waals surface area contributed by atoms with E-state index < -0.39 is 0 Å². The fourth-order valence-corrected chi connectivity index (χ4v) is 0.822. The van der Waals surface area contributed by atoms with Gasteiger partial charge in [-0.3, -0.25) is 4.79 Å². The van der Waals surface area contributed by atoms with Gasteiger partial charge in [-0.15, -0.1) is 0 Å². The monoisotopic (exact) mass is 155 g/mol. The van der Waals surface area contributed by atoms with Crippen LogP contribution in [-0.2, 0) is 4.79 Å². The summed E-state index contributed by atoms with van der Waals surface area (Å²) in [4.78, 5) is 11.1. The zero-order valence-corrected chi connectivity index (χ0v) is 7.77. The molecule has 0 amide bonds. The van der Waals surface area contributed by atoms with E-state index in [4.69, 9.17) is 5.73 Å². The van der Waals surface area contributed by atoms with Crippen LogP contribution in [0.25, 0.3) is 0 Å². The molecule has 0 atom stereocenters. The van der Waals surface area contributed by atoms with Gasteiger partial charge in [-0.25, -0.2) is 0 Å². The van der Waals surface area contributed by atoms with Gasteiger partial charge in [0.05, 0.1) is 0 Å². The summed E-state index contributed by atoms with van der Waals surface area (Å²) in [5.74, 6) is 0.109. The molecule has 0 saturated heterocycles. The van der Waals surface area contributed by atoms with E-state index >= 15 is 0 Å². The van der Waals surface area contributed by atoms with Gasteiger partial charge in [0.15, 0.2) is 5.78 Å². The first-order valence-electron chi connectivity index (χ1n) is 3.78. The van der Waals surface area contributed by atoms with Crippen molar-refractivity contribution in [3.05, 3.63) is 11.6 Å². The third-order valence-corrected chi connectivity index (χ3v) is 1.08. The normalized spacial score (nSPS) is 11.0. The largest absolute Gasteiger partial charge is 0.325 e. The summed E-state index contributed by atoms with van der Waals surface area (Å²) in [6.45, 7) is 7.51. The number of allylic oxidation sites excluding steroid dienone is 2. The number of nitrogens with two attached hydrogens (primary N) is 1. The van der Waals surface area contributed by atoms with E-state index in [1.807, 2.05) is 27.7 Å². The van der Waals surface area contributed by atoms with Gasteiger partial charge in [0.2, 0.25) is 0 Å². The van der Waals surface area contributed by atoms with Crippen molar-refractivity contribution in [2.24, 2.45) is 5.73 Å². The number of ketones is 1. The molecule has 64 valence electrons. The van der Waals surface area contributed by atoms with Crippen molar-refractivity contribution in [1.82, 2.24) is 0 Å². The molecule has 0 aliphatic carbocycles. The Morgan fingerprint density at radius 3 is 2.18 bits per heavy atom. The molecule has 0 rings (SSSR count). The molecule has 2 N–H and O–H groups in total. The molecule has 2 nitrogen and oxygen atoms in total. The lowest BCUT2D eigenvalue weighted by Crippen LogP contribution is -2.34. The van der Waals surface area contributed by atoms with E-state index in [0.29, 0.717) is 6.42 Å². The molecule has 0 heterocycles. The average Bonchev–Trinajstić information content (AvgIpc) is 1.53. The summed E-state index contributed by atoms with van der Waals surface area (Å²) in [7, 11) is 0. The van der Waals surface area contributed by atoms with Crippen LogP contribution in [-0.4, -0.2) is 11.3 Å². The minimum atomic E-state index is -0.386. The highest BCUT2D eigenvalue weighted by Gasteiger charge is 2.14. The summed E-state index contributed by atoms with van der Waals surface area (Å²) in [5, 5.41) is 0. The number of carbonyl (C=O) groups excluding carboxylic acids is 1. The van der Waals surface area contributed by atoms with Gasteiger partial charge in [0.25, 0.3) is 0 Å². The molecule has 0 spiro atoms. The van der Waals surface area contributed by atoms with Crippen LogP contribution in [0, 0.1) is 0 Å². The molecule has 11 heavy (non-hydrogen) atoms. The molecule has 0 unspecified atom stereocenters. The molecule has 2 heteroatoms. The lowest BCUT2D eigenvalue weighted by Gasteiger charge is -2.15. The Labute approximate surface area is 68.5 Å². The maximum Gasteiger partial charge on any atom is 0.157 e. The molecule has 0 radical (unpaired) electrons. The minimum Gasteiger partial charge on any atom is -0.325 e. The first-order valence-corrected chi connectivity index (χ1v) is 3.78. The smallest absolute Gasteiger partial charge is 0.157 e. The average molecular weight is 155 g/mol. The van der Waals surface area contributed by atoms with Crippen LogP contribution in [0.3, 0.4) is 0 Å². The van der Waals surface area contributed by atoms with E-state index in [1.165, 1.54) is 0 Å². The van der Waals surface area contributed by atoms with E-state index in [2.05, 4.69) is 0 Å². The second kappa shape index (κ2) is 3.67. The van der Waals surface area contributed by atoms with Crippen LogP contribution >= 0.6 is 0 Å². The second-order valence-electron chi connectivity index (χ2n) is 3.85. The Morgan fingerprint density at radius 1 is 1.45 bits per heavy atom. The topological polar surface area (TPSA) is 43.1 Å². The Hall–Kier alpha value is -0.630. The summed E-state index contributed by atoms with van der Waals surface area (Å²) in [5.41, 5.74) is 6.30. The van der Waals surface area contributed by atoms with Crippen LogP contribution in [0.2, 0.25) is 0 Å². The van der Waals surface area contributed by atoms with Gasteiger partial charge in [0, 0.05) is 12.0 Å². The molecular formula is C9H17NO. The van der Waals surface area contributed by atoms with Gasteiger partial charge in [-0.2, -0.15) is 0 Å². The third-order valence-electron chi connectivity index (χ3n) is 1.08.